The number of rotatable bonds is 5. The average Bonchev–Trinajstić information content (AvgIpc) is 2.56. The highest BCUT2D eigenvalue weighted by Crippen LogP contribution is 2.22. The molecule has 5 nitrogen and oxygen atoms in total. The van der Waals surface area contributed by atoms with Crippen molar-refractivity contribution in [2.45, 2.75) is 27.7 Å². The first kappa shape index (κ1) is 18.5. The van der Waals surface area contributed by atoms with Crippen molar-refractivity contribution in [2.24, 2.45) is 0 Å². The minimum absolute atomic E-state index is 0.0241. The van der Waals surface area contributed by atoms with Crippen LogP contribution in [0.2, 0.25) is 0 Å². The van der Waals surface area contributed by atoms with Gasteiger partial charge in [-0.25, -0.2) is 0 Å². The minimum atomic E-state index is -0.0972. The molecule has 2 aromatic carbocycles. The number of hydrogen-bond acceptors (Lipinski definition) is 3. The van der Waals surface area contributed by atoms with Gasteiger partial charge in [-0.3, -0.25) is 9.59 Å². The maximum atomic E-state index is 12.2. The number of carbonyl (C=O) groups is 2. The van der Waals surface area contributed by atoms with E-state index in [1.807, 2.05) is 45.0 Å². The van der Waals surface area contributed by atoms with Gasteiger partial charge < -0.3 is 15.5 Å². The molecule has 0 unspecified atom stereocenters. The molecule has 2 rings (SSSR count). The fraction of sp³-hybridized carbons (Fsp3) is 0.300. The van der Waals surface area contributed by atoms with E-state index in [0.717, 1.165) is 28.2 Å². The van der Waals surface area contributed by atoms with E-state index in [-0.39, 0.29) is 18.4 Å². The number of carbonyl (C=O) groups excluding carboxylic acids is 2. The van der Waals surface area contributed by atoms with E-state index in [0.29, 0.717) is 0 Å². The van der Waals surface area contributed by atoms with Gasteiger partial charge in [0.15, 0.2) is 0 Å². The van der Waals surface area contributed by atoms with Crippen molar-refractivity contribution in [3.05, 3.63) is 53.1 Å². The number of nitrogens with one attached hydrogen (secondary N) is 2. The normalized spacial score (nSPS) is 10.3. The molecule has 0 heterocycles. The lowest BCUT2D eigenvalue weighted by Crippen LogP contribution is -2.23. The Morgan fingerprint density at radius 1 is 1.00 bits per heavy atom. The molecule has 0 fully saturated rings. The fourth-order valence-electron chi connectivity index (χ4n) is 2.73. The van der Waals surface area contributed by atoms with Crippen LogP contribution in [0.1, 0.15) is 23.6 Å². The lowest BCUT2D eigenvalue weighted by atomic mass is 10.1. The van der Waals surface area contributed by atoms with Crippen molar-refractivity contribution in [2.75, 3.05) is 29.1 Å². The largest absolute Gasteiger partial charge is 0.376 e. The fourth-order valence-corrected chi connectivity index (χ4v) is 2.73. The Balaban J connectivity index is 1.95. The van der Waals surface area contributed by atoms with E-state index >= 15 is 0 Å². The van der Waals surface area contributed by atoms with Crippen LogP contribution < -0.4 is 15.5 Å². The minimum Gasteiger partial charge on any atom is -0.376 e. The summed E-state index contributed by atoms with van der Waals surface area (Å²) >= 11 is 0. The summed E-state index contributed by atoms with van der Waals surface area (Å²) in [7, 11) is 1.73. The Morgan fingerprint density at radius 2 is 1.56 bits per heavy atom. The smallest absolute Gasteiger partial charge is 0.243 e. The number of amides is 2. The van der Waals surface area contributed by atoms with E-state index in [2.05, 4.69) is 22.8 Å². The molecule has 0 spiro atoms. The summed E-state index contributed by atoms with van der Waals surface area (Å²) in [6.07, 6.45) is 0. The first-order valence-corrected chi connectivity index (χ1v) is 8.24. The van der Waals surface area contributed by atoms with Gasteiger partial charge in [-0.05, 0) is 56.2 Å². The Hall–Kier alpha value is -2.82. The Labute approximate surface area is 149 Å². The average molecular weight is 339 g/mol. The molecule has 2 amide bonds. The van der Waals surface area contributed by atoms with Crippen LogP contribution in [-0.2, 0) is 9.59 Å². The highest BCUT2D eigenvalue weighted by molar-refractivity contribution is 5.95. The second-order valence-corrected chi connectivity index (χ2v) is 6.30. The van der Waals surface area contributed by atoms with Gasteiger partial charge in [-0.1, -0.05) is 17.7 Å². The molecule has 0 aliphatic rings. The molecule has 2 N–H and O–H groups in total. The van der Waals surface area contributed by atoms with Gasteiger partial charge in [0.2, 0.25) is 11.8 Å². The molecule has 2 aromatic rings. The first-order chi connectivity index (χ1) is 11.8. The summed E-state index contributed by atoms with van der Waals surface area (Å²) in [6.45, 7) is 7.72. The van der Waals surface area contributed by atoms with Crippen LogP contribution in [0.3, 0.4) is 0 Å². The molecule has 132 valence electrons. The monoisotopic (exact) mass is 339 g/mol. The molecule has 0 saturated carbocycles. The maximum absolute atomic E-state index is 12.2. The topological polar surface area (TPSA) is 61.4 Å². The number of benzene rings is 2. The molecule has 25 heavy (non-hydrogen) atoms. The zero-order chi connectivity index (χ0) is 18.6. The number of nitrogens with zero attached hydrogens (tertiary/aromatic N) is 1. The van der Waals surface area contributed by atoms with Crippen molar-refractivity contribution in [3.8, 4) is 0 Å². The van der Waals surface area contributed by atoms with Crippen molar-refractivity contribution < 1.29 is 9.59 Å². The number of aryl methyl sites for hydroxylation is 3. The molecule has 0 atom stereocenters. The van der Waals surface area contributed by atoms with E-state index in [4.69, 9.17) is 0 Å². The zero-order valence-corrected chi connectivity index (χ0v) is 15.4. The van der Waals surface area contributed by atoms with Gasteiger partial charge in [0.1, 0.15) is 0 Å². The van der Waals surface area contributed by atoms with Gasteiger partial charge >= 0.3 is 0 Å². The van der Waals surface area contributed by atoms with E-state index < -0.39 is 0 Å². The summed E-state index contributed by atoms with van der Waals surface area (Å²) in [5.74, 6) is -0.121. The van der Waals surface area contributed by atoms with Gasteiger partial charge in [0.25, 0.3) is 0 Å². The van der Waals surface area contributed by atoms with Gasteiger partial charge in [-0.15, -0.1) is 0 Å². The Kier molecular flexibility index (Phi) is 5.80. The lowest BCUT2D eigenvalue weighted by molar-refractivity contribution is -0.116. The van der Waals surface area contributed by atoms with Crippen LogP contribution in [0.15, 0.2) is 36.4 Å². The molecule has 0 saturated heterocycles. The molecule has 0 bridgehead atoms. The summed E-state index contributed by atoms with van der Waals surface area (Å²) in [5.41, 5.74) is 5.81. The third kappa shape index (κ3) is 4.83. The van der Waals surface area contributed by atoms with Crippen LogP contribution in [0.25, 0.3) is 0 Å². The van der Waals surface area contributed by atoms with Crippen LogP contribution in [-0.4, -0.2) is 25.4 Å². The zero-order valence-electron chi connectivity index (χ0n) is 15.4. The summed E-state index contributed by atoms with van der Waals surface area (Å²) < 4.78 is 0. The molecule has 0 aliphatic carbocycles. The summed E-state index contributed by atoms with van der Waals surface area (Å²) in [6, 6.07) is 11.5. The molecule has 0 radical (unpaired) electrons. The molecule has 0 aromatic heterocycles. The SMILES string of the molecule is CC(=O)N(C)c1ccc(NCC(=O)Nc2c(C)cc(C)cc2C)cc1. The maximum Gasteiger partial charge on any atom is 0.243 e. The van der Waals surface area contributed by atoms with Gasteiger partial charge in [-0.2, -0.15) is 0 Å². The molecule has 0 aliphatic heterocycles. The van der Waals surface area contributed by atoms with Crippen LogP contribution in [0.4, 0.5) is 17.1 Å². The third-order valence-electron chi connectivity index (χ3n) is 4.12. The summed E-state index contributed by atoms with van der Waals surface area (Å²) in [4.78, 5) is 25.1. The van der Waals surface area contributed by atoms with Crippen molar-refractivity contribution in [1.29, 1.82) is 0 Å². The second kappa shape index (κ2) is 7.83. The lowest BCUT2D eigenvalue weighted by Gasteiger charge is -2.16. The van der Waals surface area contributed by atoms with Crippen molar-refractivity contribution >= 4 is 28.9 Å². The van der Waals surface area contributed by atoms with E-state index in [1.165, 1.54) is 12.5 Å². The number of hydrogen-bond donors (Lipinski definition) is 2. The third-order valence-corrected chi connectivity index (χ3v) is 4.12. The van der Waals surface area contributed by atoms with Crippen LogP contribution in [0, 0.1) is 20.8 Å². The predicted molar refractivity (Wildman–Crippen MR) is 103 cm³/mol. The van der Waals surface area contributed by atoms with E-state index in [9.17, 15) is 9.59 Å². The van der Waals surface area contributed by atoms with Crippen LogP contribution in [0.5, 0.6) is 0 Å². The van der Waals surface area contributed by atoms with Crippen molar-refractivity contribution in [1.82, 2.24) is 0 Å². The standard InChI is InChI=1S/C20H25N3O2/c1-13-10-14(2)20(15(3)11-13)22-19(25)12-21-17-6-8-18(9-7-17)23(5)16(4)24/h6-11,21H,12H2,1-5H3,(H,22,25). The molecule has 5 heteroatoms. The highest BCUT2D eigenvalue weighted by Gasteiger charge is 2.09. The quantitative estimate of drug-likeness (QED) is 0.874. The first-order valence-electron chi connectivity index (χ1n) is 8.24. The Bertz CT molecular complexity index is 759. The van der Waals surface area contributed by atoms with Crippen LogP contribution >= 0.6 is 0 Å². The summed E-state index contributed by atoms with van der Waals surface area (Å²) in [5, 5.41) is 6.06. The van der Waals surface area contributed by atoms with E-state index in [1.54, 1.807) is 11.9 Å². The Morgan fingerprint density at radius 3 is 2.08 bits per heavy atom. The van der Waals surface area contributed by atoms with Gasteiger partial charge in [0.05, 0.1) is 6.54 Å². The van der Waals surface area contributed by atoms with Crippen molar-refractivity contribution in [3.63, 3.8) is 0 Å². The predicted octanol–water partition coefficient (Wildman–Crippen LogP) is 3.65. The molecular weight excluding hydrogens is 314 g/mol. The van der Waals surface area contributed by atoms with Gasteiger partial charge in [0, 0.05) is 31.0 Å². The second-order valence-electron chi connectivity index (χ2n) is 6.30. The molecular formula is C20H25N3O2. The highest BCUT2D eigenvalue weighted by atomic mass is 16.2. The number of anilines is 3.